The molecule has 0 aromatic heterocycles. The second-order valence-electron chi connectivity index (χ2n) is 4.18. The lowest BCUT2D eigenvalue weighted by Crippen LogP contribution is -2.16. The van der Waals surface area contributed by atoms with Gasteiger partial charge in [-0.25, -0.2) is 0 Å². The number of hydrogen-bond acceptors (Lipinski definition) is 4. The lowest BCUT2D eigenvalue weighted by molar-refractivity contribution is -0.141. The summed E-state index contributed by atoms with van der Waals surface area (Å²) >= 11 is 0. The molecular formula is C15H18O5. The Morgan fingerprint density at radius 2 is 1.80 bits per heavy atom. The van der Waals surface area contributed by atoms with Crippen molar-refractivity contribution in [2.45, 2.75) is 12.8 Å². The first-order chi connectivity index (χ1) is 9.57. The predicted octanol–water partition coefficient (Wildman–Crippen LogP) is 1.98. The molecule has 0 heterocycles. The highest BCUT2D eigenvalue weighted by atomic mass is 16.5. The Labute approximate surface area is 118 Å². The lowest BCUT2D eigenvalue weighted by atomic mass is 9.96. The van der Waals surface area contributed by atoms with E-state index in [-0.39, 0.29) is 6.42 Å². The number of aliphatic carboxylic acids is 1. The van der Waals surface area contributed by atoms with Crippen LogP contribution in [0.3, 0.4) is 0 Å². The summed E-state index contributed by atoms with van der Waals surface area (Å²) < 4.78 is 15.7. The molecule has 0 spiro atoms. The number of terminal acetylenes is 1. The van der Waals surface area contributed by atoms with Crippen LogP contribution in [0.4, 0.5) is 0 Å². The van der Waals surface area contributed by atoms with Gasteiger partial charge in [0.25, 0.3) is 0 Å². The van der Waals surface area contributed by atoms with Crippen LogP contribution in [-0.2, 0) is 11.2 Å². The van der Waals surface area contributed by atoms with Crippen LogP contribution in [0, 0.1) is 18.3 Å². The van der Waals surface area contributed by atoms with Crippen LogP contribution >= 0.6 is 0 Å². The van der Waals surface area contributed by atoms with E-state index in [1.807, 2.05) is 0 Å². The van der Waals surface area contributed by atoms with Crippen LogP contribution < -0.4 is 14.2 Å². The van der Waals surface area contributed by atoms with Crippen molar-refractivity contribution < 1.29 is 24.1 Å². The Kier molecular flexibility index (Phi) is 5.73. The third-order valence-electron chi connectivity index (χ3n) is 2.92. The Morgan fingerprint density at radius 1 is 1.25 bits per heavy atom. The van der Waals surface area contributed by atoms with Crippen molar-refractivity contribution in [1.82, 2.24) is 0 Å². The molecule has 0 amide bonds. The molecule has 1 rings (SSSR count). The first-order valence-corrected chi connectivity index (χ1v) is 6.02. The van der Waals surface area contributed by atoms with E-state index in [1.165, 1.54) is 21.3 Å². The molecule has 0 saturated heterocycles. The highest BCUT2D eigenvalue weighted by Gasteiger charge is 2.20. The Morgan fingerprint density at radius 3 is 2.15 bits per heavy atom. The average Bonchev–Trinajstić information content (AvgIpc) is 2.45. The van der Waals surface area contributed by atoms with E-state index in [9.17, 15) is 4.79 Å². The molecule has 20 heavy (non-hydrogen) atoms. The van der Waals surface area contributed by atoms with Gasteiger partial charge in [-0.15, -0.1) is 12.3 Å². The maximum absolute atomic E-state index is 11.1. The van der Waals surface area contributed by atoms with Gasteiger partial charge in [0.2, 0.25) is 5.75 Å². The molecule has 5 heteroatoms. The van der Waals surface area contributed by atoms with E-state index in [0.717, 1.165) is 5.56 Å². The number of ether oxygens (including phenoxy) is 3. The van der Waals surface area contributed by atoms with Gasteiger partial charge in [0, 0.05) is 6.42 Å². The second-order valence-corrected chi connectivity index (χ2v) is 4.18. The van der Waals surface area contributed by atoms with Crippen LogP contribution in [0.15, 0.2) is 12.1 Å². The normalized spacial score (nSPS) is 11.3. The fourth-order valence-corrected chi connectivity index (χ4v) is 1.93. The van der Waals surface area contributed by atoms with Crippen LogP contribution in [0.2, 0.25) is 0 Å². The van der Waals surface area contributed by atoms with Crippen molar-refractivity contribution >= 4 is 5.97 Å². The number of hydrogen-bond donors (Lipinski definition) is 1. The molecule has 1 aromatic rings. The summed E-state index contributed by atoms with van der Waals surface area (Å²) in [5, 5.41) is 9.14. The maximum atomic E-state index is 11.1. The first kappa shape index (κ1) is 15.7. The number of carboxylic acids is 1. The quantitative estimate of drug-likeness (QED) is 0.773. The number of methoxy groups -OCH3 is 3. The molecule has 0 unspecified atom stereocenters. The van der Waals surface area contributed by atoms with Crippen molar-refractivity contribution in [2.75, 3.05) is 21.3 Å². The minimum atomic E-state index is -0.920. The van der Waals surface area contributed by atoms with E-state index in [0.29, 0.717) is 23.7 Å². The van der Waals surface area contributed by atoms with E-state index >= 15 is 0 Å². The number of benzene rings is 1. The van der Waals surface area contributed by atoms with Crippen molar-refractivity contribution in [2.24, 2.45) is 5.92 Å². The average molecular weight is 278 g/mol. The molecule has 108 valence electrons. The zero-order chi connectivity index (χ0) is 15.1. The van der Waals surface area contributed by atoms with E-state index in [1.54, 1.807) is 12.1 Å². The van der Waals surface area contributed by atoms with E-state index < -0.39 is 11.9 Å². The molecular weight excluding hydrogens is 260 g/mol. The van der Waals surface area contributed by atoms with Crippen molar-refractivity contribution in [1.29, 1.82) is 0 Å². The van der Waals surface area contributed by atoms with Gasteiger partial charge in [0.05, 0.1) is 27.2 Å². The summed E-state index contributed by atoms with van der Waals surface area (Å²) in [5.41, 5.74) is 0.766. The Bertz CT molecular complexity index is 490. The summed E-state index contributed by atoms with van der Waals surface area (Å²) in [6.07, 6.45) is 5.67. The molecule has 0 saturated carbocycles. The Hall–Kier alpha value is -2.35. The molecule has 0 bridgehead atoms. The zero-order valence-corrected chi connectivity index (χ0v) is 11.8. The predicted molar refractivity (Wildman–Crippen MR) is 74.4 cm³/mol. The zero-order valence-electron chi connectivity index (χ0n) is 11.8. The number of carboxylic acid groups (broad SMARTS) is 1. The summed E-state index contributed by atoms with van der Waals surface area (Å²) in [5.74, 6) is 2.28. The molecule has 0 aliphatic heterocycles. The highest BCUT2D eigenvalue weighted by molar-refractivity contribution is 5.71. The third-order valence-corrected chi connectivity index (χ3v) is 2.92. The molecule has 0 aliphatic rings. The van der Waals surface area contributed by atoms with Gasteiger partial charge in [0.1, 0.15) is 0 Å². The van der Waals surface area contributed by atoms with Gasteiger partial charge >= 0.3 is 5.97 Å². The first-order valence-electron chi connectivity index (χ1n) is 6.02. The standard InChI is InChI=1S/C15H18O5/c1-5-6-11(15(16)17)7-10-8-12(18-2)14(20-4)13(9-10)19-3/h1,8-9,11H,6-7H2,2-4H3,(H,16,17)/t11-/m0/s1. The summed E-state index contributed by atoms with van der Waals surface area (Å²) in [7, 11) is 4.53. The fraction of sp³-hybridized carbons (Fsp3) is 0.400. The van der Waals surface area contributed by atoms with Gasteiger partial charge in [0.15, 0.2) is 11.5 Å². The molecule has 0 radical (unpaired) electrons. The van der Waals surface area contributed by atoms with Crippen LogP contribution in [0.25, 0.3) is 0 Å². The van der Waals surface area contributed by atoms with Gasteiger partial charge in [-0.2, -0.15) is 0 Å². The molecule has 5 nitrogen and oxygen atoms in total. The molecule has 1 N–H and O–H groups in total. The third kappa shape index (κ3) is 3.58. The lowest BCUT2D eigenvalue weighted by Gasteiger charge is -2.15. The van der Waals surface area contributed by atoms with Crippen molar-refractivity contribution in [3.8, 4) is 29.6 Å². The SMILES string of the molecule is C#CC[C@@H](Cc1cc(OC)c(OC)c(OC)c1)C(=O)O. The smallest absolute Gasteiger partial charge is 0.307 e. The summed E-state index contributed by atoms with van der Waals surface area (Å²) in [4.78, 5) is 11.1. The number of carbonyl (C=O) groups is 1. The van der Waals surface area contributed by atoms with Crippen molar-refractivity contribution in [3.05, 3.63) is 17.7 Å². The van der Waals surface area contributed by atoms with Crippen LogP contribution in [0.5, 0.6) is 17.2 Å². The van der Waals surface area contributed by atoms with Crippen LogP contribution in [-0.4, -0.2) is 32.4 Å². The Balaban J connectivity index is 3.13. The minimum absolute atomic E-state index is 0.173. The molecule has 1 atom stereocenters. The second kappa shape index (κ2) is 7.29. The van der Waals surface area contributed by atoms with E-state index in [4.69, 9.17) is 25.7 Å². The van der Waals surface area contributed by atoms with Crippen molar-refractivity contribution in [3.63, 3.8) is 0 Å². The largest absolute Gasteiger partial charge is 0.493 e. The monoisotopic (exact) mass is 278 g/mol. The van der Waals surface area contributed by atoms with Gasteiger partial charge < -0.3 is 19.3 Å². The fourth-order valence-electron chi connectivity index (χ4n) is 1.93. The summed E-state index contributed by atoms with van der Waals surface area (Å²) in [6.45, 7) is 0. The van der Waals surface area contributed by atoms with Gasteiger partial charge in [-0.1, -0.05) is 0 Å². The maximum Gasteiger partial charge on any atom is 0.307 e. The number of rotatable bonds is 7. The molecule has 0 aliphatic carbocycles. The topological polar surface area (TPSA) is 65.0 Å². The van der Waals surface area contributed by atoms with Gasteiger partial charge in [-0.05, 0) is 24.1 Å². The van der Waals surface area contributed by atoms with Gasteiger partial charge in [-0.3, -0.25) is 4.79 Å². The minimum Gasteiger partial charge on any atom is -0.493 e. The molecule has 1 aromatic carbocycles. The van der Waals surface area contributed by atoms with E-state index in [2.05, 4.69) is 5.92 Å². The van der Waals surface area contributed by atoms with Crippen LogP contribution in [0.1, 0.15) is 12.0 Å². The summed E-state index contributed by atoms with van der Waals surface area (Å²) in [6, 6.07) is 3.46. The molecule has 0 fully saturated rings. The highest BCUT2D eigenvalue weighted by Crippen LogP contribution is 2.38.